The minimum atomic E-state index is -3.25. The average molecular weight is 233 g/mol. The third-order valence-electron chi connectivity index (χ3n) is 1.93. The third-order valence-corrected chi connectivity index (χ3v) is 4.69. The number of sulfone groups is 1. The number of rotatable bonds is 1. The number of hydrogen-bond acceptors (Lipinski definition) is 2. The first-order valence-electron chi connectivity index (χ1n) is 4.25. The lowest BCUT2D eigenvalue weighted by molar-refractivity contribution is 0.560. The number of hydrogen-bond donors (Lipinski definition) is 0. The molecule has 1 aromatic carbocycles. The van der Waals surface area contributed by atoms with Gasteiger partial charge in [0.25, 0.3) is 0 Å². The Bertz CT molecular complexity index is 412. The van der Waals surface area contributed by atoms with Crippen LogP contribution in [0.4, 0.5) is 0 Å². The molecular formula is C10H13ClO2S. The van der Waals surface area contributed by atoms with Gasteiger partial charge in [-0.2, -0.15) is 0 Å². The van der Waals surface area contributed by atoms with E-state index in [1.807, 2.05) is 0 Å². The molecule has 1 rings (SSSR count). The van der Waals surface area contributed by atoms with Crippen LogP contribution in [0.5, 0.6) is 0 Å². The summed E-state index contributed by atoms with van der Waals surface area (Å²) in [6.07, 6.45) is 0. The molecule has 2 nitrogen and oxygen atoms in total. The van der Waals surface area contributed by atoms with Gasteiger partial charge in [-0.25, -0.2) is 8.42 Å². The van der Waals surface area contributed by atoms with Crippen LogP contribution >= 0.6 is 11.6 Å². The van der Waals surface area contributed by atoms with E-state index in [1.54, 1.807) is 32.9 Å². The van der Waals surface area contributed by atoms with Crippen LogP contribution < -0.4 is 0 Å². The molecule has 4 heteroatoms. The molecule has 0 bridgehead atoms. The van der Waals surface area contributed by atoms with Crippen molar-refractivity contribution in [3.05, 3.63) is 29.3 Å². The van der Waals surface area contributed by atoms with E-state index in [0.29, 0.717) is 9.92 Å². The zero-order valence-electron chi connectivity index (χ0n) is 8.41. The van der Waals surface area contributed by atoms with Crippen LogP contribution in [0.2, 0.25) is 5.02 Å². The van der Waals surface area contributed by atoms with Crippen molar-refractivity contribution in [2.24, 2.45) is 0 Å². The van der Waals surface area contributed by atoms with E-state index < -0.39 is 14.6 Å². The van der Waals surface area contributed by atoms with E-state index >= 15 is 0 Å². The molecule has 0 aromatic heterocycles. The fraction of sp³-hybridized carbons (Fsp3) is 0.400. The lowest BCUT2D eigenvalue weighted by Gasteiger charge is -2.19. The topological polar surface area (TPSA) is 34.1 Å². The summed E-state index contributed by atoms with van der Waals surface area (Å²) in [5.41, 5.74) is 0. The summed E-state index contributed by atoms with van der Waals surface area (Å²) >= 11 is 5.68. The Morgan fingerprint density at radius 3 is 1.86 bits per heavy atom. The van der Waals surface area contributed by atoms with Crippen LogP contribution in [-0.4, -0.2) is 13.2 Å². The Balaban J connectivity index is 3.25. The zero-order valence-corrected chi connectivity index (χ0v) is 9.98. The molecule has 0 aliphatic rings. The molecule has 0 amide bonds. The monoisotopic (exact) mass is 232 g/mol. The van der Waals surface area contributed by atoms with Gasteiger partial charge in [0.2, 0.25) is 0 Å². The smallest absolute Gasteiger partial charge is 0.183 e. The molecule has 0 fully saturated rings. The maximum absolute atomic E-state index is 11.9. The second kappa shape index (κ2) is 3.55. The molecule has 0 saturated heterocycles. The molecule has 0 aliphatic heterocycles. The first kappa shape index (κ1) is 11.5. The first-order chi connectivity index (χ1) is 6.25. The van der Waals surface area contributed by atoms with Crippen molar-refractivity contribution in [2.75, 3.05) is 0 Å². The molecule has 0 spiro atoms. The highest BCUT2D eigenvalue weighted by Gasteiger charge is 2.30. The van der Waals surface area contributed by atoms with Gasteiger partial charge in [0.1, 0.15) is 0 Å². The van der Waals surface area contributed by atoms with Gasteiger partial charge in [0.15, 0.2) is 9.84 Å². The Kier molecular flexibility index (Phi) is 2.93. The molecule has 0 radical (unpaired) electrons. The minimum Gasteiger partial charge on any atom is -0.223 e. The molecule has 78 valence electrons. The molecule has 0 aliphatic carbocycles. The van der Waals surface area contributed by atoms with Gasteiger partial charge in [-0.15, -0.1) is 0 Å². The van der Waals surface area contributed by atoms with Gasteiger partial charge >= 0.3 is 0 Å². The molecule has 1 aromatic rings. The first-order valence-corrected chi connectivity index (χ1v) is 6.11. The highest BCUT2D eigenvalue weighted by atomic mass is 35.5. The van der Waals surface area contributed by atoms with E-state index in [9.17, 15) is 8.42 Å². The van der Waals surface area contributed by atoms with Gasteiger partial charge < -0.3 is 0 Å². The van der Waals surface area contributed by atoms with E-state index in [0.717, 1.165) is 0 Å². The summed E-state index contributed by atoms with van der Waals surface area (Å²) in [5.74, 6) is 0. The standard InChI is InChI=1S/C10H13ClO2S/c1-10(2,3)14(12,13)9-6-4-8(11)5-7-9/h4-7H,1-3H3. The van der Waals surface area contributed by atoms with Crippen LogP contribution in [0.25, 0.3) is 0 Å². The average Bonchev–Trinajstić information content (AvgIpc) is 2.03. The summed E-state index contributed by atoms with van der Waals surface area (Å²) < 4.78 is 23.1. The Morgan fingerprint density at radius 2 is 1.50 bits per heavy atom. The van der Waals surface area contributed by atoms with Crippen LogP contribution in [0.1, 0.15) is 20.8 Å². The summed E-state index contributed by atoms with van der Waals surface area (Å²) in [5, 5.41) is 0.540. The SMILES string of the molecule is CC(C)(C)S(=O)(=O)c1ccc(Cl)cc1. The molecular weight excluding hydrogens is 220 g/mol. The Labute approximate surface area is 89.8 Å². The van der Waals surface area contributed by atoms with E-state index in [1.165, 1.54) is 12.1 Å². The van der Waals surface area contributed by atoms with Crippen LogP contribution in [0.15, 0.2) is 29.2 Å². The number of benzene rings is 1. The molecule has 0 unspecified atom stereocenters. The van der Waals surface area contributed by atoms with E-state index in [4.69, 9.17) is 11.6 Å². The highest BCUT2D eigenvalue weighted by molar-refractivity contribution is 7.92. The summed E-state index contributed by atoms with van der Waals surface area (Å²) in [6, 6.07) is 6.23. The van der Waals surface area contributed by atoms with Gasteiger partial charge in [-0.1, -0.05) is 11.6 Å². The van der Waals surface area contributed by atoms with E-state index in [2.05, 4.69) is 0 Å². The van der Waals surface area contributed by atoms with Gasteiger partial charge in [-0.3, -0.25) is 0 Å². The molecule has 0 N–H and O–H groups in total. The highest BCUT2D eigenvalue weighted by Crippen LogP contribution is 2.25. The largest absolute Gasteiger partial charge is 0.223 e. The van der Waals surface area contributed by atoms with Crippen molar-refractivity contribution >= 4 is 21.4 Å². The quantitative estimate of drug-likeness (QED) is 0.746. The van der Waals surface area contributed by atoms with Crippen molar-refractivity contribution in [1.29, 1.82) is 0 Å². The van der Waals surface area contributed by atoms with Crippen LogP contribution in [0.3, 0.4) is 0 Å². The van der Waals surface area contributed by atoms with Crippen LogP contribution in [-0.2, 0) is 9.84 Å². The zero-order chi connectivity index (χ0) is 11.0. The van der Waals surface area contributed by atoms with Gasteiger partial charge in [0, 0.05) is 5.02 Å². The van der Waals surface area contributed by atoms with Gasteiger partial charge in [-0.05, 0) is 45.0 Å². The fourth-order valence-corrected chi connectivity index (χ4v) is 2.29. The normalized spacial score (nSPS) is 12.9. The van der Waals surface area contributed by atoms with Crippen molar-refractivity contribution in [3.8, 4) is 0 Å². The maximum atomic E-state index is 11.9. The third kappa shape index (κ3) is 2.10. The second-order valence-electron chi connectivity index (χ2n) is 4.07. The molecule has 0 atom stereocenters. The van der Waals surface area contributed by atoms with E-state index in [-0.39, 0.29) is 0 Å². The predicted octanol–water partition coefficient (Wildman–Crippen LogP) is 2.91. The molecule has 0 saturated carbocycles. The predicted molar refractivity (Wildman–Crippen MR) is 58.4 cm³/mol. The van der Waals surface area contributed by atoms with Gasteiger partial charge in [0.05, 0.1) is 9.64 Å². The lowest BCUT2D eigenvalue weighted by atomic mass is 10.3. The Hall–Kier alpha value is -0.540. The van der Waals surface area contributed by atoms with Crippen molar-refractivity contribution < 1.29 is 8.42 Å². The second-order valence-corrected chi connectivity index (χ2v) is 7.21. The number of halogens is 1. The van der Waals surface area contributed by atoms with Crippen LogP contribution in [0, 0.1) is 0 Å². The maximum Gasteiger partial charge on any atom is 0.183 e. The fourth-order valence-electron chi connectivity index (χ4n) is 0.967. The lowest BCUT2D eigenvalue weighted by Crippen LogP contribution is -2.27. The molecule has 14 heavy (non-hydrogen) atoms. The summed E-state index contributed by atoms with van der Waals surface area (Å²) in [7, 11) is -3.25. The van der Waals surface area contributed by atoms with Crippen molar-refractivity contribution in [1.82, 2.24) is 0 Å². The minimum absolute atomic E-state index is 0.314. The summed E-state index contributed by atoms with van der Waals surface area (Å²) in [4.78, 5) is 0.314. The Morgan fingerprint density at radius 1 is 1.07 bits per heavy atom. The van der Waals surface area contributed by atoms with Crippen molar-refractivity contribution in [2.45, 2.75) is 30.4 Å². The van der Waals surface area contributed by atoms with Crippen molar-refractivity contribution in [3.63, 3.8) is 0 Å². The molecule has 0 heterocycles. The summed E-state index contributed by atoms with van der Waals surface area (Å²) in [6.45, 7) is 5.03.